The fourth-order valence-corrected chi connectivity index (χ4v) is 5.23. The van der Waals surface area contributed by atoms with Gasteiger partial charge in [0.1, 0.15) is 11.9 Å². The van der Waals surface area contributed by atoms with Gasteiger partial charge < -0.3 is 20.1 Å². The highest BCUT2D eigenvalue weighted by Gasteiger charge is 2.23. The average molecular weight is 539 g/mol. The minimum Gasteiger partial charge on any atom is -0.424 e. The van der Waals surface area contributed by atoms with Crippen molar-refractivity contribution in [2.24, 2.45) is 5.73 Å². The first-order valence-electron chi connectivity index (χ1n) is 13.3. The molecule has 0 saturated carbocycles. The van der Waals surface area contributed by atoms with Crippen LogP contribution in [0, 0.1) is 24.1 Å². The van der Waals surface area contributed by atoms with Gasteiger partial charge >= 0.3 is 5.97 Å². The summed E-state index contributed by atoms with van der Waals surface area (Å²) in [6, 6.07) is 18.3. The van der Waals surface area contributed by atoms with Crippen molar-refractivity contribution in [3.05, 3.63) is 77.7 Å². The lowest BCUT2D eigenvalue weighted by atomic mass is 9.95. The summed E-state index contributed by atoms with van der Waals surface area (Å²) in [5.74, 6) is -0.577. The van der Waals surface area contributed by atoms with Gasteiger partial charge in [-0.15, -0.1) is 0 Å². The third-order valence-corrected chi connectivity index (χ3v) is 7.22. The van der Waals surface area contributed by atoms with E-state index in [9.17, 15) is 14.4 Å². The van der Waals surface area contributed by atoms with Crippen LogP contribution in [-0.2, 0) is 9.53 Å². The zero-order valence-electron chi connectivity index (χ0n) is 22.6. The number of nitrogens with two attached hydrogens (primary N) is 1. The Morgan fingerprint density at radius 3 is 2.65 bits per heavy atom. The lowest BCUT2D eigenvalue weighted by Gasteiger charge is -2.34. The number of carbonyl (C=O) groups is 1. The number of methoxy groups -OCH3 is 1. The van der Waals surface area contributed by atoms with Crippen LogP contribution in [0.15, 0.2) is 60.8 Å². The van der Waals surface area contributed by atoms with Gasteiger partial charge in [-0.25, -0.2) is 4.39 Å². The van der Waals surface area contributed by atoms with Crippen molar-refractivity contribution in [2.45, 2.75) is 32.2 Å². The molecule has 0 bridgehead atoms. The molecule has 0 atom stereocenters. The number of hydrogen-bond acceptors (Lipinski definition) is 7. The second-order valence-electron chi connectivity index (χ2n) is 10.1. The van der Waals surface area contributed by atoms with Crippen LogP contribution in [0.2, 0.25) is 0 Å². The molecule has 2 heterocycles. The molecule has 1 fully saturated rings. The number of ether oxygens (including phenoxy) is 2. The topological polar surface area (TPSA) is 101 Å². The van der Waals surface area contributed by atoms with E-state index in [4.69, 9.17) is 20.2 Å². The number of aromatic nitrogens is 1. The molecule has 8 heteroatoms. The Bertz CT molecular complexity index is 1590. The molecule has 1 aliphatic heterocycles. The molecule has 4 aromatic rings. The van der Waals surface area contributed by atoms with Crippen LogP contribution in [0.25, 0.3) is 33.2 Å². The summed E-state index contributed by atoms with van der Waals surface area (Å²) in [5.41, 5.74) is 12.0. The molecule has 1 saturated heterocycles. The van der Waals surface area contributed by atoms with Crippen LogP contribution in [0.3, 0.4) is 0 Å². The lowest BCUT2D eigenvalue weighted by Crippen LogP contribution is -2.40. The van der Waals surface area contributed by atoms with E-state index in [0.29, 0.717) is 5.56 Å². The SMILES string of the molecule is COCCC(=O)Oc1c(C#N)cccc1-c1ccc2ncc(-c3cc(C)cc(F)c3)c(N3CCC(N)CC3)c2c1. The number of halogens is 1. The number of nitrogens with zero attached hydrogens (tertiary/aromatic N) is 3. The van der Waals surface area contributed by atoms with Gasteiger partial charge in [0.05, 0.1) is 29.8 Å². The van der Waals surface area contributed by atoms with Gasteiger partial charge in [-0.05, 0) is 66.8 Å². The first-order chi connectivity index (χ1) is 19.4. The van der Waals surface area contributed by atoms with Crippen molar-refractivity contribution < 1.29 is 18.7 Å². The van der Waals surface area contributed by atoms with Crippen molar-refractivity contribution in [3.63, 3.8) is 0 Å². The Morgan fingerprint density at radius 2 is 1.93 bits per heavy atom. The van der Waals surface area contributed by atoms with Crippen LogP contribution < -0.4 is 15.4 Å². The standard InChI is InChI=1S/C32H31FN4O3/c1-20-14-23(16-24(33)15-20)28-19-36-29-7-6-21(17-27(29)31(28)37-11-8-25(35)9-12-37)26-5-3-4-22(18-34)32(26)40-30(38)10-13-39-2/h3-7,14-17,19,25H,8-13,35H2,1-2H3. The number of benzene rings is 3. The lowest BCUT2D eigenvalue weighted by molar-refractivity contribution is -0.135. The van der Waals surface area contributed by atoms with Crippen molar-refractivity contribution >= 4 is 22.6 Å². The first kappa shape index (κ1) is 27.3. The highest BCUT2D eigenvalue weighted by atomic mass is 19.1. The minimum atomic E-state index is -0.484. The third-order valence-electron chi connectivity index (χ3n) is 7.22. The van der Waals surface area contributed by atoms with E-state index < -0.39 is 5.97 Å². The summed E-state index contributed by atoms with van der Waals surface area (Å²) in [6.07, 6.45) is 3.56. The van der Waals surface area contributed by atoms with Crippen LogP contribution >= 0.6 is 0 Å². The van der Waals surface area contributed by atoms with Crippen LogP contribution in [0.1, 0.15) is 30.4 Å². The molecule has 0 aliphatic carbocycles. The fraction of sp³-hybridized carbons (Fsp3) is 0.281. The molecule has 2 N–H and O–H groups in total. The van der Waals surface area contributed by atoms with Crippen LogP contribution in [0.4, 0.5) is 10.1 Å². The normalized spacial score (nSPS) is 13.8. The number of carbonyl (C=O) groups excluding carboxylic acids is 1. The molecule has 40 heavy (non-hydrogen) atoms. The average Bonchev–Trinajstić information content (AvgIpc) is 2.95. The Labute approximate surface area is 233 Å². The van der Waals surface area contributed by atoms with Gasteiger partial charge in [0.25, 0.3) is 0 Å². The highest BCUT2D eigenvalue weighted by molar-refractivity contribution is 6.02. The summed E-state index contributed by atoms with van der Waals surface area (Å²) in [5, 5.41) is 10.7. The quantitative estimate of drug-likeness (QED) is 0.236. The van der Waals surface area contributed by atoms with Crippen molar-refractivity contribution in [2.75, 3.05) is 31.7 Å². The van der Waals surface area contributed by atoms with Gasteiger partial charge in [0.2, 0.25) is 0 Å². The van der Waals surface area contributed by atoms with Gasteiger partial charge in [-0.3, -0.25) is 9.78 Å². The maximum absolute atomic E-state index is 14.5. The van der Waals surface area contributed by atoms with E-state index in [1.54, 1.807) is 18.3 Å². The van der Waals surface area contributed by atoms with Gasteiger partial charge in [0, 0.05) is 49.0 Å². The Hall–Kier alpha value is -4.32. The Balaban J connectivity index is 1.70. The van der Waals surface area contributed by atoms with Crippen molar-refractivity contribution in [1.29, 1.82) is 5.26 Å². The number of hydrogen-bond donors (Lipinski definition) is 1. The summed E-state index contributed by atoms with van der Waals surface area (Å²) in [7, 11) is 1.51. The van der Waals surface area contributed by atoms with Crippen LogP contribution in [-0.4, -0.2) is 43.8 Å². The molecule has 1 aromatic heterocycles. The minimum absolute atomic E-state index is 0.0645. The molecule has 0 unspecified atom stereocenters. The number of aryl methyl sites for hydroxylation is 1. The smallest absolute Gasteiger partial charge is 0.313 e. The predicted octanol–water partition coefficient (Wildman–Crippen LogP) is 5.76. The molecule has 0 amide bonds. The molecule has 204 valence electrons. The van der Waals surface area contributed by atoms with E-state index in [1.165, 1.54) is 19.2 Å². The third kappa shape index (κ3) is 5.67. The molecule has 3 aromatic carbocycles. The molecule has 0 radical (unpaired) electrons. The predicted molar refractivity (Wildman–Crippen MR) is 154 cm³/mol. The van der Waals surface area contributed by atoms with Crippen molar-refractivity contribution in [3.8, 4) is 34.1 Å². The Morgan fingerprint density at radius 1 is 1.12 bits per heavy atom. The van der Waals surface area contributed by atoms with E-state index in [0.717, 1.165) is 64.8 Å². The first-order valence-corrected chi connectivity index (χ1v) is 13.3. The zero-order chi connectivity index (χ0) is 28.2. The summed E-state index contributed by atoms with van der Waals surface area (Å²) >= 11 is 0. The molecule has 0 spiro atoms. The second-order valence-corrected chi connectivity index (χ2v) is 10.1. The summed E-state index contributed by atoms with van der Waals surface area (Å²) < 4.78 is 25.2. The molecular weight excluding hydrogens is 507 g/mol. The number of anilines is 1. The number of nitriles is 1. The van der Waals surface area contributed by atoms with E-state index in [2.05, 4.69) is 11.0 Å². The molecular formula is C32H31FN4O3. The monoisotopic (exact) mass is 538 g/mol. The zero-order valence-corrected chi connectivity index (χ0v) is 22.6. The number of esters is 1. The number of piperidine rings is 1. The molecule has 5 rings (SSSR count). The fourth-order valence-electron chi connectivity index (χ4n) is 5.23. The number of para-hydroxylation sites is 1. The number of rotatable bonds is 7. The maximum Gasteiger partial charge on any atom is 0.313 e. The van der Waals surface area contributed by atoms with E-state index in [1.807, 2.05) is 37.3 Å². The number of fused-ring (bicyclic) bond motifs is 1. The summed E-state index contributed by atoms with van der Waals surface area (Å²) in [4.78, 5) is 19.5. The Kier molecular flexibility index (Phi) is 8.06. The summed E-state index contributed by atoms with van der Waals surface area (Å²) in [6.45, 7) is 3.61. The van der Waals surface area contributed by atoms with Gasteiger partial charge in [0.15, 0.2) is 5.75 Å². The second kappa shape index (κ2) is 11.8. The van der Waals surface area contributed by atoms with Gasteiger partial charge in [-0.1, -0.05) is 24.3 Å². The number of pyridine rings is 1. The highest BCUT2D eigenvalue weighted by Crippen LogP contribution is 2.41. The maximum atomic E-state index is 14.5. The van der Waals surface area contributed by atoms with Crippen LogP contribution in [0.5, 0.6) is 5.75 Å². The molecule has 1 aliphatic rings. The van der Waals surface area contributed by atoms with E-state index >= 15 is 0 Å². The van der Waals surface area contributed by atoms with E-state index in [-0.39, 0.29) is 36.2 Å². The van der Waals surface area contributed by atoms with Gasteiger partial charge in [-0.2, -0.15) is 5.26 Å². The largest absolute Gasteiger partial charge is 0.424 e. The molecule has 7 nitrogen and oxygen atoms in total. The van der Waals surface area contributed by atoms with Crippen molar-refractivity contribution in [1.82, 2.24) is 4.98 Å².